The highest BCUT2D eigenvalue weighted by Crippen LogP contribution is 2.17. The first-order chi connectivity index (χ1) is 9.63. The van der Waals surface area contributed by atoms with Gasteiger partial charge in [0, 0.05) is 12.0 Å². The third-order valence-corrected chi connectivity index (χ3v) is 3.56. The number of aromatic nitrogens is 4. The lowest BCUT2D eigenvalue weighted by Gasteiger charge is -2.15. The van der Waals surface area contributed by atoms with Gasteiger partial charge in [0.15, 0.2) is 5.82 Å². The molecular formula is C14H18N4O2. The minimum atomic E-state index is -0.102. The highest BCUT2D eigenvalue weighted by atomic mass is 16.5. The van der Waals surface area contributed by atoms with E-state index in [0.717, 1.165) is 36.9 Å². The van der Waals surface area contributed by atoms with Gasteiger partial charge in [-0.05, 0) is 31.2 Å². The molecule has 1 aliphatic rings. The smallest absolute Gasteiger partial charge is 0.267 e. The van der Waals surface area contributed by atoms with E-state index in [2.05, 4.69) is 15.2 Å². The van der Waals surface area contributed by atoms with Gasteiger partial charge >= 0.3 is 0 Å². The molecule has 2 aromatic rings. The van der Waals surface area contributed by atoms with Crippen LogP contribution in [0, 0.1) is 0 Å². The number of nitrogens with zero attached hydrogens (tertiary/aromatic N) is 4. The molecule has 20 heavy (non-hydrogen) atoms. The summed E-state index contributed by atoms with van der Waals surface area (Å²) >= 11 is 0. The van der Waals surface area contributed by atoms with Crippen molar-refractivity contribution in [2.45, 2.75) is 52.0 Å². The summed E-state index contributed by atoms with van der Waals surface area (Å²) in [7, 11) is 0. The monoisotopic (exact) mass is 274 g/mol. The summed E-state index contributed by atoms with van der Waals surface area (Å²) in [5.74, 6) is 1.30. The second-order valence-electron chi connectivity index (χ2n) is 5.52. The molecule has 0 unspecified atom stereocenters. The van der Waals surface area contributed by atoms with Crippen LogP contribution in [0.25, 0.3) is 0 Å². The van der Waals surface area contributed by atoms with Crippen molar-refractivity contribution in [1.82, 2.24) is 19.9 Å². The quantitative estimate of drug-likeness (QED) is 0.851. The molecule has 1 aliphatic carbocycles. The van der Waals surface area contributed by atoms with Gasteiger partial charge in [-0.3, -0.25) is 4.79 Å². The Hall–Kier alpha value is -1.98. The Balaban J connectivity index is 1.88. The molecule has 2 heterocycles. The van der Waals surface area contributed by atoms with Gasteiger partial charge < -0.3 is 4.52 Å². The molecular weight excluding hydrogens is 256 g/mol. The van der Waals surface area contributed by atoms with Gasteiger partial charge in [0.05, 0.1) is 5.69 Å². The Morgan fingerprint density at radius 3 is 2.90 bits per heavy atom. The molecule has 3 rings (SSSR count). The van der Waals surface area contributed by atoms with Crippen molar-refractivity contribution in [3.8, 4) is 0 Å². The fraction of sp³-hybridized carbons (Fsp3) is 0.571. The number of rotatable bonds is 3. The fourth-order valence-electron chi connectivity index (χ4n) is 2.41. The van der Waals surface area contributed by atoms with Crippen LogP contribution < -0.4 is 5.56 Å². The van der Waals surface area contributed by atoms with Crippen LogP contribution in [0.15, 0.2) is 15.4 Å². The maximum Gasteiger partial charge on any atom is 0.267 e. The van der Waals surface area contributed by atoms with E-state index in [9.17, 15) is 4.79 Å². The van der Waals surface area contributed by atoms with Gasteiger partial charge in [-0.2, -0.15) is 10.1 Å². The zero-order valence-corrected chi connectivity index (χ0v) is 11.8. The van der Waals surface area contributed by atoms with Crippen LogP contribution in [0.3, 0.4) is 0 Å². The molecule has 0 N–H and O–H groups in total. The van der Waals surface area contributed by atoms with Crippen molar-refractivity contribution in [2.24, 2.45) is 0 Å². The molecule has 0 aromatic carbocycles. The summed E-state index contributed by atoms with van der Waals surface area (Å²) in [5, 5.41) is 8.34. The molecule has 0 spiro atoms. The normalized spacial score (nSPS) is 14.6. The largest absolute Gasteiger partial charge is 0.337 e. The predicted octanol–water partition coefficient (Wildman–Crippen LogP) is 1.68. The number of hydrogen-bond acceptors (Lipinski definition) is 5. The number of hydrogen-bond donors (Lipinski definition) is 0. The lowest BCUT2D eigenvalue weighted by molar-refractivity contribution is 0.356. The van der Waals surface area contributed by atoms with Crippen LogP contribution in [0.4, 0.5) is 0 Å². The molecule has 2 aromatic heterocycles. The van der Waals surface area contributed by atoms with Crippen LogP contribution >= 0.6 is 0 Å². The third kappa shape index (κ3) is 2.50. The van der Waals surface area contributed by atoms with Gasteiger partial charge in [0.2, 0.25) is 5.89 Å². The Morgan fingerprint density at radius 1 is 1.35 bits per heavy atom. The van der Waals surface area contributed by atoms with Crippen LogP contribution in [-0.2, 0) is 19.4 Å². The average molecular weight is 274 g/mol. The number of aryl methyl sites for hydroxylation is 2. The maximum absolute atomic E-state index is 12.0. The summed E-state index contributed by atoms with van der Waals surface area (Å²) in [6.07, 6.45) is 4.17. The topological polar surface area (TPSA) is 73.8 Å². The molecule has 106 valence electrons. The van der Waals surface area contributed by atoms with E-state index in [-0.39, 0.29) is 18.0 Å². The van der Waals surface area contributed by atoms with E-state index in [1.807, 2.05) is 13.8 Å². The molecule has 0 bridgehead atoms. The van der Waals surface area contributed by atoms with Crippen molar-refractivity contribution in [3.63, 3.8) is 0 Å². The molecule has 0 saturated carbocycles. The lowest BCUT2D eigenvalue weighted by Crippen LogP contribution is -2.26. The second-order valence-corrected chi connectivity index (χ2v) is 5.52. The van der Waals surface area contributed by atoms with E-state index >= 15 is 0 Å². The van der Waals surface area contributed by atoms with E-state index in [4.69, 9.17) is 4.52 Å². The van der Waals surface area contributed by atoms with Crippen LogP contribution in [-0.4, -0.2) is 19.9 Å². The molecule has 0 saturated heterocycles. The average Bonchev–Trinajstić information content (AvgIpc) is 2.88. The first-order valence-corrected chi connectivity index (χ1v) is 7.06. The van der Waals surface area contributed by atoms with Gasteiger partial charge in [-0.25, -0.2) is 4.68 Å². The Labute approximate surface area is 116 Å². The van der Waals surface area contributed by atoms with Gasteiger partial charge in [-0.15, -0.1) is 0 Å². The lowest BCUT2D eigenvalue weighted by atomic mass is 9.97. The SMILES string of the molecule is CC(C)c1noc(Cn2nc3c(cc2=O)CCCC3)n1. The Bertz CT molecular complexity index is 672. The van der Waals surface area contributed by atoms with Crippen molar-refractivity contribution in [3.05, 3.63) is 39.4 Å². The van der Waals surface area contributed by atoms with Crippen molar-refractivity contribution in [2.75, 3.05) is 0 Å². The molecule has 0 atom stereocenters. The van der Waals surface area contributed by atoms with Gasteiger partial charge in [0.25, 0.3) is 5.56 Å². The van der Waals surface area contributed by atoms with Gasteiger partial charge in [0.1, 0.15) is 6.54 Å². The van der Waals surface area contributed by atoms with Crippen LogP contribution in [0.2, 0.25) is 0 Å². The van der Waals surface area contributed by atoms with Crippen molar-refractivity contribution >= 4 is 0 Å². The molecule has 0 fully saturated rings. The summed E-state index contributed by atoms with van der Waals surface area (Å²) in [5.41, 5.74) is 2.01. The molecule has 0 radical (unpaired) electrons. The molecule has 0 amide bonds. The zero-order valence-electron chi connectivity index (χ0n) is 11.8. The van der Waals surface area contributed by atoms with E-state index < -0.39 is 0 Å². The summed E-state index contributed by atoms with van der Waals surface area (Å²) < 4.78 is 6.59. The van der Waals surface area contributed by atoms with E-state index in [1.165, 1.54) is 4.68 Å². The predicted molar refractivity (Wildman–Crippen MR) is 72.6 cm³/mol. The van der Waals surface area contributed by atoms with Crippen LogP contribution in [0.5, 0.6) is 0 Å². The molecule has 0 aliphatic heterocycles. The van der Waals surface area contributed by atoms with E-state index in [0.29, 0.717) is 11.7 Å². The fourth-order valence-corrected chi connectivity index (χ4v) is 2.41. The second kappa shape index (κ2) is 5.19. The number of fused-ring (bicyclic) bond motifs is 1. The summed E-state index contributed by atoms with van der Waals surface area (Å²) in [4.78, 5) is 16.3. The van der Waals surface area contributed by atoms with Crippen molar-refractivity contribution < 1.29 is 4.52 Å². The first-order valence-electron chi connectivity index (χ1n) is 7.06. The standard InChI is InChI=1S/C14H18N4O2/c1-9(2)14-15-12(20-17-14)8-18-13(19)7-10-5-3-4-6-11(10)16-18/h7,9H,3-6,8H2,1-2H3. The summed E-state index contributed by atoms with van der Waals surface area (Å²) in [6, 6.07) is 1.70. The maximum atomic E-state index is 12.0. The van der Waals surface area contributed by atoms with E-state index in [1.54, 1.807) is 6.07 Å². The zero-order chi connectivity index (χ0) is 14.1. The minimum absolute atomic E-state index is 0.102. The molecule has 6 nitrogen and oxygen atoms in total. The third-order valence-electron chi connectivity index (χ3n) is 3.56. The summed E-state index contributed by atoms with van der Waals surface area (Å²) in [6.45, 7) is 4.24. The highest BCUT2D eigenvalue weighted by Gasteiger charge is 2.15. The van der Waals surface area contributed by atoms with Crippen molar-refractivity contribution in [1.29, 1.82) is 0 Å². The highest BCUT2D eigenvalue weighted by molar-refractivity contribution is 5.20. The Morgan fingerprint density at radius 2 is 2.15 bits per heavy atom. The molecule has 6 heteroatoms. The Kier molecular flexibility index (Phi) is 3.38. The minimum Gasteiger partial charge on any atom is -0.337 e. The van der Waals surface area contributed by atoms with Gasteiger partial charge in [-0.1, -0.05) is 19.0 Å². The van der Waals surface area contributed by atoms with Crippen LogP contribution in [0.1, 0.15) is 55.6 Å². The first kappa shape index (κ1) is 13.0.